The Morgan fingerprint density at radius 2 is 1.79 bits per heavy atom. The van der Waals surface area contributed by atoms with Crippen LogP contribution < -0.4 is 14.8 Å². The number of methoxy groups -OCH3 is 1. The van der Waals surface area contributed by atoms with E-state index in [9.17, 15) is 9.59 Å². The third-order valence-corrected chi connectivity index (χ3v) is 5.91. The van der Waals surface area contributed by atoms with Crippen molar-refractivity contribution in [1.29, 1.82) is 0 Å². The summed E-state index contributed by atoms with van der Waals surface area (Å²) in [6, 6.07) is 19.6. The number of carbonyl (C=O) groups excluding carboxylic acids is 1. The van der Waals surface area contributed by atoms with Gasteiger partial charge in [0.15, 0.2) is 16.7 Å². The van der Waals surface area contributed by atoms with Crippen LogP contribution in [0.2, 0.25) is 0 Å². The molecule has 8 heteroatoms. The number of thioether (sulfide) groups is 1. The molecule has 0 bridgehead atoms. The normalized spacial score (nSPS) is 15.4. The third-order valence-electron chi connectivity index (χ3n) is 5.00. The smallest absolute Gasteiger partial charge is 0.335 e. The first kappa shape index (κ1) is 23.1. The van der Waals surface area contributed by atoms with Gasteiger partial charge in [-0.2, -0.15) is 0 Å². The maximum atomic E-state index is 12.4. The van der Waals surface area contributed by atoms with Gasteiger partial charge in [-0.15, -0.1) is 0 Å². The number of amides is 1. The van der Waals surface area contributed by atoms with E-state index in [0.29, 0.717) is 21.6 Å². The molecule has 0 spiro atoms. The maximum Gasteiger partial charge on any atom is 0.335 e. The summed E-state index contributed by atoms with van der Waals surface area (Å²) in [5, 5.41) is 12.3. The highest BCUT2D eigenvalue weighted by atomic mass is 32.2. The first-order valence-electron chi connectivity index (χ1n) is 10.4. The van der Waals surface area contributed by atoms with Crippen LogP contribution in [0.5, 0.6) is 11.5 Å². The molecular formula is C26H22N2O5S. The minimum atomic E-state index is -0.971. The van der Waals surface area contributed by atoms with E-state index >= 15 is 0 Å². The maximum absolute atomic E-state index is 12.4. The van der Waals surface area contributed by atoms with E-state index in [1.807, 2.05) is 37.3 Å². The van der Waals surface area contributed by atoms with Crippen LogP contribution in [-0.4, -0.2) is 29.3 Å². The molecule has 34 heavy (non-hydrogen) atoms. The molecule has 1 saturated heterocycles. The fourth-order valence-electron chi connectivity index (χ4n) is 3.17. The molecule has 7 nitrogen and oxygen atoms in total. The lowest BCUT2D eigenvalue weighted by molar-refractivity contribution is -0.115. The molecule has 0 aromatic heterocycles. The Labute approximate surface area is 201 Å². The van der Waals surface area contributed by atoms with Crippen LogP contribution in [0.4, 0.5) is 5.69 Å². The molecule has 2 N–H and O–H groups in total. The molecule has 0 radical (unpaired) electrons. The van der Waals surface area contributed by atoms with Crippen molar-refractivity contribution in [3.05, 3.63) is 93.9 Å². The zero-order chi connectivity index (χ0) is 24.1. The Balaban J connectivity index is 1.46. The first-order valence-corrected chi connectivity index (χ1v) is 11.2. The molecule has 1 heterocycles. The molecule has 3 aromatic carbocycles. The van der Waals surface area contributed by atoms with Gasteiger partial charge in [0, 0.05) is 0 Å². The highest BCUT2D eigenvalue weighted by molar-refractivity contribution is 8.18. The van der Waals surface area contributed by atoms with Crippen molar-refractivity contribution in [2.45, 2.75) is 13.5 Å². The third kappa shape index (κ3) is 5.65. The second-order valence-corrected chi connectivity index (χ2v) is 8.55. The molecule has 1 fully saturated rings. The number of rotatable bonds is 7. The molecule has 0 unspecified atom stereocenters. The summed E-state index contributed by atoms with van der Waals surface area (Å²) < 4.78 is 11.3. The lowest BCUT2D eigenvalue weighted by Crippen LogP contribution is -2.19. The molecule has 1 aliphatic rings. The number of carboxylic acid groups (broad SMARTS) is 1. The van der Waals surface area contributed by atoms with Gasteiger partial charge >= 0.3 is 5.97 Å². The number of carboxylic acids is 1. The molecule has 172 valence electrons. The van der Waals surface area contributed by atoms with Crippen LogP contribution in [0.3, 0.4) is 0 Å². The quantitative estimate of drug-likeness (QED) is 0.459. The van der Waals surface area contributed by atoms with Crippen LogP contribution in [0.15, 0.2) is 76.6 Å². The summed E-state index contributed by atoms with van der Waals surface area (Å²) in [5.74, 6) is -0.118. The number of ether oxygens (including phenoxy) is 2. The second kappa shape index (κ2) is 10.3. The van der Waals surface area contributed by atoms with E-state index in [4.69, 9.17) is 14.6 Å². The van der Waals surface area contributed by atoms with Crippen molar-refractivity contribution in [2.75, 3.05) is 7.11 Å². The predicted molar refractivity (Wildman–Crippen MR) is 133 cm³/mol. The summed E-state index contributed by atoms with van der Waals surface area (Å²) >= 11 is 1.28. The van der Waals surface area contributed by atoms with E-state index in [1.54, 1.807) is 37.5 Å². The molecule has 3 aromatic rings. The SMILES string of the molecule is COc1cc(/C=C2/SC(=Nc3ccc(C)cc3)NC2=O)ccc1OCc1ccc(C(=O)O)cc1. The molecule has 0 atom stereocenters. The number of benzene rings is 3. The molecule has 1 aliphatic heterocycles. The average molecular weight is 475 g/mol. The van der Waals surface area contributed by atoms with Crippen LogP contribution in [0, 0.1) is 6.92 Å². The predicted octanol–water partition coefficient (Wildman–Crippen LogP) is 5.17. The molecular weight excluding hydrogens is 452 g/mol. The largest absolute Gasteiger partial charge is 0.493 e. The number of nitrogens with zero attached hydrogens (tertiary/aromatic N) is 1. The zero-order valence-corrected chi connectivity index (χ0v) is 19.4. The number of aliphatic imine (C=N–C) groups is 1. The fraction of sp³-hybridized carbons (Fsp3) is 0.115. The minimum Gasteiger partial charge on any atom is -0.493 e. The second-order valence-electron chi connectivity index (χ2n) is 7.52. The summed E-state index contributed by atoms with van der Waals surface area (Å²) in [7, 11) is 1.55. The van der Waals surface area contributed by atoms with Gasteiger partial charge in [-0.1, -0.05) is 35.9 Å². The summed E-state index contributed by atoms with van der Waals surface area (Å²) in [6.07, 6.45) is 1.77. The van der Waals surface area contributed by atoms with Crippen LogP contribution in [0.1, 0.15) is 27.0 Å². The Kier molecular flexibility index (Phi) is 6.98. The lowest BCUT2D eigenvalue weighted by Gasteiger charge is -2.11. The molecule has 0 aliphatic carbocycles. The average Bonchev–Trinajstić information content (AvgIpc) is 3.18. The molecule has 0 saturated carbocycles. The Morgan fingerprint density at radius 1 is 1.06 bits per heavy atom. The molecule has 1 amide bonds. The van der Waals surface area contributed by atoms with Crippen molar-refractivity contribution in [1.82, 2.24) is 5.32 Å². The van der Waals surface area contributed by atoms with E-state index in [-0.39, 0.29) is 18.1 Å². The monoisotopic (exact) mass is 474 g/mol. The van der Waals surface area contributed by atoms with Gasteiger partial charge in [0.05, 0.1) is 23.3 Å². The van der Waals surface area contributed by atoms with Gasteiger partial charge in [0.1, 0.15) is 6.61 Å². The van der Waals surface area contributed by atoms with Gasteiger partial charge in [-0.05, 0) is 72.3 Å². The Bertz CT molecular complexity index is 1280. The van der Waals surface area contributed by atoms with Gasteiger partial charge in [0.25, 0.3) is 5.91 Å². The van der Waals surface area contributed by atoms with Gasteiger partial charge in [-0.3, -0.25) is 4.79 Å². The number of amidine groups is 1. The van der Waals surface area contributed by atoms with Gasteiger partial charge in [0.2, 0.25) is 0 Å². The van der Waals surface area contributed by atoms with E-state index < -0.39 is 5.97 Å². The van der Waals surface area contributed by atoms with Gasteiger partial charge in [-0.25, -0.2) is 9.79 Å². The zero-order valence-electron chi connectivity index (χ0n) is 18.6. The highest BCUT2D eigenvalue weighted by Gasteiger charge is 2.24. The number of carbonyl (C=O) groups is 2. The van der Waals surface area contributed by atoms with Gasteiger partial charge < -0.3 is 19.9 Å². The Hall–Kier alpha value is -4.04. The summed E-state index contributed by atoms with van der Waals surface area (Å²) in [4.78, 5) is 28.4. The minimum absolute atomic E-state index is 0.208. The topological polar surface area (TPSA) is 97.2 Å². The number of nitrogens with one attached hydrogen (secondary N) is 1. The standard InChI is InChI=1S/C26H22N2O5S/c1-16-3-10-20(11-4-16)27-26-28-24(29)23(34-26)14-18-7-12-21(22(13-18)32-2)33-15-17-5-8-19(9-6-17)25(30)31/h3-14H,15H2,1-2H3,(H,30,31)(H,27,28,29)/b23-14+. The van der Waals surface area contributed by atoms with E-state index in [2.05, 4.69) is 10.3 Å². The van der Waals surface area contributed by atoms with Crippen molar-refractivity contribution in [3.63, 3.8) is 0 Å². The van der Waals surface area contributed by atoms with Crippen molar-refractivity contribution in [3.8, 4) is 11.5 Å². The van der Waals surface area contributed by atoms with Crippen molar-refractivity contribution >= 4 is 40.6 Å². The fourth-order valence-corrected chi connectivity index (χ4v) is 4.01. The number of aromatic carboxylic acids is 1. The van der Waals surface area contributed by atoms with Crippen LogP contribution in [0.25, 0.3) is 6.08 Å². The molecule has 4 rings (SSSR count). The highest BCUT2D eigenvalue weighted by Crippen LogP contribution is 2.32. The summed E-state index contributed by atoms with van der Waals surface area (Å²) in [6.45, 7) is 2.26. The summed E-state index contributed by atoms with van der Waals surface area (Å²) in [5.41, 5.74) is 3.75. The Morgan fingerprint density at radius 3 is 2.47 bits per heavy atom. The number of hydrogen-bond acceptors (Lipinski definition) is 6. The van der Waals surface area contributed by atoms with Crippen molar-refractivity contribution in [2.24, 2.45) is 4.99 Å². The van der Waals surface area contributed by atoms with Crippen molar-refractivity contribution < 1.29 is 24.2 Å². The number of aryl methyl sites for hydroxylation is 1. The van der Waals surface area contributed by atoms with E-state index in [1.165, 1.54) is 23.9 Å². The number of hydrogen-bond donors (Lipinski definition) is 2. The van der Waals surface area contributed by atoms with E-state index in [0.717, 1.165) is 22.4 Å². The van der Waals surface area contributed by atoms with Crippen LogP contribution >= 0.6 is 11.8 Å². The lowest BCUT2D eigenvalue weighted by atomic mass is 10.1. The first-order chi connectivity index (χ1) is 16.4. The van der Waals surface area contributed by atoms with Crippen LogP contribution in [-0.2, 0) is 11.4 Å².